The highest BCUT2D eigenvalue weighted by Crippen LogP contribution is 2.26. The van der Waals surface area contributed by atoms with Gasteiger partial charge >= 0.3 is 0 Å². The second-order valence-electron chi connectivity index (χ2n) is 4.92. The van der Waals surface area contributed by atoms with Crippen LogP contribution in [0.15, 0.2) is 0 Å². The third kappa shape index (κ3) is 3.20. The minimum atomic E-state index is 0.230. The fourth-order valence-electron chi connectivity index (χ4n) is 2.72. The van der Waals surface area contributed by atoms with Gasteiger partial charge in [0.15, 0.2) is 0 Å². The van der Waals surface area contributed by atoms with E-state index in [1.54, 1.807) is 0 Å². The van der Waals surface area contributed by atoms with Crippen molar-refractivity contribution in [3.63, 3.8) is 0 Å². The molecule has 0 spiro atoms. The van der Waals surface area contributed by atoms with Gasteiger partial charge in [0, 0.05) is 13.1 Å². The normalized spacial score (nSPS) is 27.1. The van der Waals surface area contributed by atoms with Crippen LogP contribution in [-0.4, -0.2) is 25.5 Å². The Bertz CT molecular complexity index is 206. The Morgan fingerprint density at radius 3 is 2.73 bits per heavy atom. The van der Waals surface area contributed by atoms with Gasteiger partial charge in [0.25, 0.3) is 0 Å². The Morgan fingerprint density at radius 2 is 2.07 bits per heavy atom. The van der Waals surface area contributed by atoms with Crippen LogP contribution >= 0.6 is 0 Å². The Kier molecular flexibility index (Phi) is 4.01. The standard InChI is InChI=1S/C12H22N2O/c15-12(11-6-7-13-9-11)14-8-5-10-3-1-2-4-10/h10-11,13H,1-9H2,(H,14,15)/t11-/m0/s1. The molecule has 1 saturated heterocycles. The van der Waals surface area contributed by atoms with Crippen LogP contribution in [0.2, 0.25) is 0 Å². The highest BCUT2D eigenvalue weighted by atomic mass is 16.1. The van der Waals surface area contributed by atoms with Crippen LogP contribution in [-0.2, 0) is 4.79 Å². The van der Waals surface area contributed by atoms with E-state index in [1.807, 2.05) is 0 Å². The second kappa shape index (κ2) is 5.50. The van der Waals surface area contributed by atoms with E-state index in [4.69, 9.17) is 0 Å². The van der Waals surface area contributed by atoms with Gasteiger partial charge in [0.1, 0.15) is 0 Å². The zero-order chi connectivity index (χ0) is 10.5. The number of rotatable bonds is 4. The lowest BCUT2D eigenvalue weighted by molar-refractivity contribution is -0.124. The molecule has 0 radical (unpaired) electrons. The zero-order valence-electron chi connectivity index (χ0n) is 9.43. The smallest absolute Gasteiger partial charge is 0.224 e. The molecule has 1 amide bonds. The van der Waals surface area contributed by atoms with Crippen molar-refractivity contribution < 1.29 is 4.79 Å². The third-order valence-corrected chi connectivity index (χ3v) is 3.76. The molecule has 3 nitrogen and oxygen atoms in total. The van der Waals surface area contributed by atoms with Crippen molar-refractivity contribution in [2.75, 3.05) is 19.6 Å². The summed E-state index contributed by atoms with van der Waals surface area (Å²) < 4.78 is 0. The summed E-state index contributed by atoms with van der Waals surface area (Å²) in [5.41, 5.74) is 0. The van der Waals surface area contributed by atoms with Crippen molar-refractivity contribution in [1.29, 1.82) is 0 Å². The molecule has 1 aliphatic carbocycles. The summed E-state index contributed by atoms with van der Waals surface area (Å²) in [7, 11) is 0. The van der Waals surface area contributed by atoms with Gasteiger partial charge in [-0.3, -0.25) is 4.79 Å². The lowest BCUT2D eigenvalue weighted by Gasteiger charge is -2.12. The molecule has 0 aromatic heterocycles. The van der Waals surface area contributed by atoms with Gasteiger partial charge in [0.2, 0.25) is 5.91 Å². The Labute approximate surface area is 92.0 Å². The summed E-state index contributed by atoms with van der Waals surface area (Å²) in [6.45, 7) is 2.76. The quantitative estimate of drug-likeness (QED) is 0.734. The molecule has 0 aromatic rings. The van der Waals surface area contributed by atoms with Gasteiger partial charge in [-0.1, -0.05) is 25.7 Å². The van der Waals surface area contributed by atoms with Crippen molar-refractivity contribution >= 4 is 5.91 Å². The molecule has 15 heavy (non-hydrogen) atoms. The molecule has 3 heteroatoms. The Balaban J connectivity index is 1.58. The van der Waals surface area contributed by atoms with Crippen molar-refractivity contribution in [1.82, 2.24) is 10.6 Å². The minimum Gasteiger partial charge on any atom is -0.356 e. The fourth-order valence-corrected chi connectivity index (χ4v) is 2.72. The first-order valence-electron chi connectivity index (χ1n) is 6.34. The van der Waals surface area contributed by atoms with Gasteiger partial charge in [-0.25, -0.2) is 0 Å². The first kappa shape index (κ1) is 10.9. The summed E-state index contributed by atoms with van der Waals surface area (Å²) in [6, 6.07) is 0. The molecule has 1 aliphatic heterocycles. The van der Waals surface area contributed by atoms with Gasteiger partial charge in [-0.05, 0) is 25.3 Å². The van der Waals surface area contributed by atoms with Crippen LogP contribution in [0.4, 0.5) is 0 Å². The lowest BCUT2D eigenvalue weighted by Crippen LogP contribution is -2.33. The summed E-state index contributed by atoms with van der Waals surface area (Å²) in [5.74, 6) is 1.37. The molecule has 0 unspecified atom stereocenters. The third-order valence-electron chi connectivity index (χ3n) is 3.76. The number of carbonyl (C=O) groups excluding carboxylic acids is 1. The number of hydrogen-bond donors (Lipinski definition) is 2. The zero-order valence-corrected chi connectivity index (χ0v) is 9.43. The number of hydrogen-bond acceptors (Lipinski definition) is 2. The van der Waals surface area contributed by atoms with Crippen LogP contribution in [0.3, 0.4) is 0 Å². The predicted octanol–water partition coefficient (Wildman–Crippen LogP) is 1.29. The molecule has 0 bridgehead atoms. The summed E-state index contributed by atoms with van der Waals surface area (Å²) >= 11 is 0. The molecule has 1 atom stereocenters. The van der Waals surface area contributed by atoms with Crippen LogP contribution in [0.25, 0.3) is 0 Å². The predicted molar refractivity (Wildman–Crippen MR) is 60.6 cm³/mol. The largest absolute Gasteiger partial charge is 0.356 e. The summed E-state index contributed by atoms with van der Waals surface area (Å²) in [6.07, 6.45) is 7.74. The van der Waals surface area contributed by atoms with E-state index < -0.39 is 0 Å². The van der Waals surface area contributed by atoms with Gasteiger partial charge in [0.05, 0.1) is 5.92 Å². The number of amides is 1. The van der Waals surface area contributed by atoms with Gasteiger partial charge in [-0.2, -0.15) is 0 Å². The molecule has 1 heterocycles. The number of nitrogens with one attached hydrogen (secondary N) is 2. The maximum Gasteiger partial charge on any atom is 0.224 e. The van der Waals surface area contributed by atoms with E-state index in [-0.39, 0.29) is 11.8 Å². The van der Waals surface area contributed by atoms with Crippen LogP contribution < -0.4 is 10.6 Å². The SMILES string of the molecule is O=C(NCCC1CCCC1)[C@H]1CCNC1. The number of carbonyl (C=O) groups is 1. The molecule has 1 saturated carbocycles. The molecule has 86 valence electrons. The highest BCUT2D eigenvalue weighted by Gasteiger charge is 2.22. The average molecular weight is 210 g/mol. The monoisotopic (exact) mass is 210 g/mol. The molecule has 2 aliphatic rings. The van der Waals surface area contributed by atoms with E-state index in [9.17, 15) is 4.79 Å². The van der Waals surface area contributed by atoms with Crippen LogP contribution in [0.1, 0.15) is 38.5 Å². The molecule has 2 N–H and O–H groups in total. The molecular formula is C12H22N2O. The van der Waals surface area contributed by atoms with Gasteiger partial charge in [-0.15, -0.1) is 0 Å². The van der Waals surface area contributed by atoms with E-state index in [1.165, 1.54) is 32.1 Å². The topological polar surface area (TPSA) is 41.1 Å². The van der Waals surface area contributed by atoms with Crippen molar-refractivity contribution in [3.05, 3.63) is 0 Å². The maximum atomic E-state index is 11.7. The average Bonchev–Trinajstić information content (AvgIpc) is 2.90. The highest BCUT2D eigenvalue weighted by molar-refractivity contribution is 5.79. The molecule has 2 rings (SSSR count). The lowest BCUT2D eigenvalue weighted by atomic mass is 10.0. The van der Waals surface area contributed by atoms with Crippen LogP contribution in [0.5, 0.6) is 0 Å². The summed E-state index contributed by atoms with van der Waals surface area (Å²) in [5, 5.41) is 6.30. The Morgan fingerprint density at radius 1 is 1.27 bits per heavy atom. The first-order valence-corrected chi connectivity index (χ1v) is 6.34. The van der Waals surface area contributed by atoms with E-state index >= 15 is 0 Å². The van der Waals surface area contributed by atoms with Crippen molar-refractivity contribution in [3.8, 4) is 0 Å². The first-order chi connectivity index (χ1) is 7.36. The fraction of sp³-hybridized carbons (Fsp3) is 0.917. The molecule has 0 aromatic carbocycles. The Hall–Kier alpha value is -0.570. The van der Waals surface area contributed by atoms with E-state index in [0.29, 0.717) is 0 Å². The van der Waals surface area contributed by atoms with Crippen LogP contribution in [0, 0.1) is 11.8 Å². The van der Waals surface area contributed by atoms with E-state index in [2.05, 4.69) is 10.6 Å². The van der Waals surface area contributed by atoms with Gasteiger partial charge < -0.3 is 10.6 Å². The summed E-state index contributed by atoms with van der Waals surface area (Å²) in [4.78, 5) is 11.7. The van der Waals surface area contributed by atoms with Crippen molar-refractivity contribution in [2.24, 2.45) is 11.8 Å². The molecule has 2 fully saturated rings. The van der Waals surface area contributed by atoms with Crippen molar-refractivity contribution in [2.45, 2.75) is 38.5 Å². The molecular weight excluding hydrogens is 188 g/mol. The maximum absolute atomic E-state index is 11.7. The minimum absolute atomic E-state index is 0.230. The second-order valence-corrected chi connectivity index (χ2v) is 4.92. The van der Waals surface area contributed by atoms with E-state index in [0.717, 1.165) is 32.0 Å².